The molecule has 0 bridgehead atoms. The van der Waals surface area contributed by atoms with Crippen molar-refractivity contribution in [2.45, 2.75) is 19.4 Å². The van der Waals surface area contributed by atoms with Gasteiger partial charge in [-0.15, -0.1) is 12.4 Å². The Morgan fingerprint density at radius 2 is 1.90 bits per heavy atom. The third-order valence-corrected chi connectivity index (χ3v) is 4.91. The van der Waals surface area contributed by atoms with Crippen LogP contribution in [0.25, 0.3) is 0 Å². The highest BCUT2D eigenvalue weighted by atomic mass is 35.5. The van der Waals surface area contributed by atoms with Crippen LogP contribution in [0.15, 0.2) is 30.3 Å². The Morgan fingerprint density at radius 3 is 2.55 bits per heavy atom. The minimum absolute atomic E-state index is 0. The summed E-state index contributed by atoms with van der Waals surface area (Å²) < 4.78 is 5.54. The maximum absolute atomic E-state index is 6.03. The second-order valence-electron chi connectivity index (χ2n) is 6.06. The fourth-order valence-corrected chi connectivity index (χ4v) is 3.78. The van der Waals surface area contributed by atoms with E-state index >= 15 is 0 Å². The third-order valence-electron chi connectivity index (χ3n) is 4.91. The van der Waals surface area contributed by atoms with Crippen LogP contribution in [0.5, 0.6) is 0 Å². The molecule has 2 heterocycles. The van der Waals surface area contributed by atoms with Gasteiger partial charge in [0.25, 0.3) is 0 Å². The summed E-state index contributed by atoms with van der Waals surface area (Å²) >= 11 is 0. The summed E-state index contributed by atoms with van der Waals surface area (Å²) in [4.78, 5) is 2.58. The van der Waals surface area contributed by atoms with Crippen LogP contribution in [0.3, 0.4) is 0 Å². The topological polar surface area (TPSA) is 38.5 Å². The predicted octanol–water partition coefficient (Wildman–Crippen LogP) is 2.30. The zero-order valence-corrected chi connectivity index (χ0v) is 12.8. The van der Waals surface area contributed by atoms with Gasteiger partial charge in [-0.05, 0) is 36.3 Å². The van der Waals surface area contributed by atoms with E-state index in [1.54, 1.807) is 0 Å². The van der Waals surface area contributed by atoms with Crippen LogP contribution < -0.4 is 5.73 Å². The lowest BCUT2D eigenvalue weighted by atomic mass is 9.72. The summed E-state index contributed by atoms with van der Waals surface area (Å²) in [5.41, 5.74) is 7.85. The van der Waals surface area contributed by atoms with E-state index in [-0.39, 0.29) is 12.4 Å². The molecule has 0 radical (unpaired) electrons. The smallest absolute Gasteiger partial charge is 0.0471 e. The number of likely N-dealkylation sites (tertiary alicyclic amines) is 1. The summed E-state index contributed by atoms with van der Waals surface area (Å²) in [6.07, 6.45) is 2.36. The van der Waals surface area contributed by atoms with Crippen molar-refractivity contribution in [3.63, 3.8) is 0 Å². The van der Waals surface area contributed by atoms with E-state index in [0.29, 0.717) is 11.3 Å². The van der Waals surface area contributed by atoms with Gasteiger partial charge in [-0.3, -0.25) is 4.90 Å². The van der Waals surface area contributed by atoms with E-state index in [2.05, 4.69) is 35.2 Å². The maximum atomic E-state index is 6.03. The van der Waals surface area contributed by atoms with Crippen molar-refractivity contribution in [3.05, 3.63) is 35.9 Å². The molecule has 4 heteroatoms. The van der Waals surface area contributed by atoms with Gasteiger partial charge < -0.3 is 10.5 Å². The minimum atomic E-state index is 0. The predicted molar refractivity (Wildman–Crippen MR) is 84.0 cm³/mol. The van der Waals surface area contributed by atoms with E-state index in [0.717, 1.165) is 32.8 Å². The highest BCUT2D eigenvalue weighted by molar-refractivity contribution is 5.85. The molecule has 2 N–H and O–H groups in total. The fourth-order valence-electron chi connectivity index (χ4n) is 3.78. The molecule has 3 rings (SSSR count). The molecule has 1 aromatic carbocycles. The SMILES string of the molecule is Cl.NCC1CN(Cc2ccccc2)CC12CCOCC2. The van der Waals surface area contributed by atoms with Crippen molar-refractivity contribution in [2.24, 2.45) is 17.1 Å². The quantitative estimate of drug-likeness (QED) is 0.930. The Balaban J connectivity index is 0.00000147. The third kappa shape index (κ3) is 3.17. The first-order valence-corrected chi connectivity index (χ1v) is 7.36. The summed E-state index contributed by atoms with van der Waals surface area (Å²) in [6.45, 7) is 6.02. The highest BCUT2D eigenvalue weighted by Gasteiger charge is 2.46. The molecule has 1 spiro atoms. The van der Waals surface area contributed by atoms with Crippen molar-refractivity contribution in [3.8, 4) is 0 Å². The van der Waals surface area contributed by atoms with Crippen LogP contribution in [-0.2, 0) is 11.3 Å². The van der Waals surface area contributed by atoms with Gasteiger partial charge in [-0.25, -0.2) is 0 Å². The van der Waals surface area contributed by atoms with Gasteiger partial charge in [-0.1, -0.05) is 30.3 Å². The van der Waals surface area contributed by atoms with Gasteiger partial charge >= 0.3 is 0 Å². The number of hydrogen-bond donors (Lipinski definition) is 1. The second-order valence-corrected chi connectivity index (χ2v) is 6.06. The Bertz CT molecular complexity index is 406. The van der Waals surface area contributed by atoms with Crippen LogP contribution in [0, 0.1) is 11.3 Å². The lowest BCUT2D eigenvalue weighted by Gasteiger charge is -2.37. The molecular formula is C16H25ClN2O. The molecule has 112 valence electrons. The zero-order chi connectivity index (χ0) is 13.1. The molecule has 2 saturated heterocycles. The number of halogens is 1. The Labute approximate surface area is 127 Å². The molecular weight excluding hydrogens is 272 g/mol. The molecule has 0 aliphatic carbocycles. The zero-order valence-electron chi connectivity index (χ0n) is 12.0. The number of ether oxygens (including phenoxy) is 1. The Morgan fingerprint density at radius 1 is 1.20 bits per heavy atom. The minimum Gasteiger partial charge on any atom is -0.381 e. The van der Waals surface area contributed by atoms with Crippen LogP contribution in [0.2, 0.25) is 0 Å². The van der Waals surface area contributed by atoms with Crippen molar-refractivity contribution in [1.82, 2.24) is 4.90 Å². The molecule has 20 heavy (non-hydrogen) atoms. The fraction of sp³-hybridized carbons (Fsp3) is 0.625. The first-order valence-electron chi connectivity index (χ1n) is 7.36. The van der Waals surface area contributed by atoms with E-state index in [9.17, 15) is 0 Å². The Kier molecular flexibility index (Phi) is 5.44. The van der Waals surface area contributed by atoms with Gasteiger partial charge in [0.1, 0.15) is 0 Å². The van der Waals surface area contributed by atoms with Crippen molar-refractivity contribution in [2.75, 3.05) is 32.8 Å². The monoisotopic (exact) mass is 296 g/mol. The highest BCUT2D eigenvalue weighted by Crippen LogP contribution is 2.44. The Hall–Kier alpha value is -0.610. The van der Waals surface area contributed by atoms with Crippen LogP contribution in [0.4, 0.5) is 0 Å². The number of nitrogens with two attached hydrogens (primary N) is 1. The van der Waals surface area contributed by atoms with Crippen LogP contribution in [-0.4, -0.2) is 37.7 Å². The molecule has 1 aromatic rings. The molecule has 0 amide bonds. The van der Waals surface area contributed by atoms with Gasteiger partial charge in [0.15, 0.2) is 0 Å². The van der Waals surface area contributed by atoms with Gasteiger partial charge in [-0.2, -0.15) is 0 Å². The normalized spacial score (nSPS) is 25.6. The van der Waals surface area contributed by atoms with E-state index in [1.165, 1.54) is 24.9 Å². The van der Waals surface area contributed by atoms with Crippen molar-refractivity contribution in [1.29, 1.82) is 0 Å². The van der Waals surface area contributed by atoms with Crippen LogP contribution in [0.1, 0.15) is 18.4 Å². The maximum Gasteiger partial charge on any atom is 0.0471 e. The molecule has 2 aliphatic heterocycles. The summed E-state index contributed by atoms with van der Waals surface area (Å²) in [6, 6.07) is 10.8. The second kappa shape index (κ2) is 6.90. The number of nitrogens with zero attached hydrogens (tertiary/aromatic N) is 1. The largest absolute Gasteiger partial charge is 0.381 e. The first kappa shape index (κ1) is 15.8. The van der Waals surface area contributed by atoms with Gasteiger partial charge in [0, 0.05) is 32.8 Å². The molecule has 2 aliphatic rings. The summed E-state index contributed by atoms with van der Waals surface area (Å²) in [5.74, 6) is 0.639. The standard InChI is InChI=1S/C16H24N2O.ClH/c17-10-15-12-18(11-14-4-2-1-3-5-14)13-16(15)6-8-19-9-7-16;/h1-5,15H,6-13,17H2;1H. The van der Waals surface area contributed by atoms with Gasteiger partial charge in [0.05, 0.1) is 0 Å². The molecule has 2 fully saturated rings. The number of rotatable bonds is 3. The molecule has 1 unspecified atom stereocenters. The molecule has 3 nitrogen and oxygen atoms in total. The van der Waals surface area contributed by atoms with Crippen LogP contribution >= 0.6 is 12.4 Å². The van der Waals surface area contributed by atoms with E-state index in [4.69, 9.17) is 10.5 Å². The van der Waals surface area contributed by atoms with Crippen molar-refractivity contribution >= 4 is 12.4 Å². The van der Waals surface area contributed by atoms with E-state index in [1.807, 2.05) is 0 Å². The lowest BCUT2D eigenvalue weighted by molar-refractivity contribution is 0.00103. The summed E-state index contributed by atoms with van der Waals surface area (Å²) in [7, 11) is 0. The molecule has 0 aromatic heterocycles. The van der Waals surface area contributed by atoms with Crippen molar-refractivity contribution < 1.29 is 4.74 Å². The lowest BCUT2D eigenvalue weighted by Crippen LogP contribution is -2.39. The average molecular weight is 297 g/mol. The average Bonchev–Trinajstić information content (AvgIpc) is 2.78. The van der Waals surface area contributed by atoms with E-state index < -0.39 is 0 Å². The number of hydrogen-bond acceptors (Lipinski definition) is 3. The molecule has 0 saturated carbocycles. The molecule has 1 atom stereocenters. The first-order chi connectivity index (χ1) is 9.32. The number of benzene rings is 1. The summed E-state index contributed by atoms with van der Waals surface area (Å²) in [5, 5.41) is 0. The van der Waals surface area contributed by atoms with Gasteiger partial charge in [0.2, 0.25) is 0 Å².